The number of hydrogen-bond acceptors (Lipinski definition) is 4. The molecule has 32 heavy (non-hydrogen) atoms. The number of carbonyl (C=O) groups excluding carboxylic acids is 1. The summed E-state index contributed by atoms with van der Waals surface area (Å²) in [5.41, 5.74) is 4.37. The number of nitrogens with two attached hydrogens (primary N) is 1. The van der Waals surface area contributed by atoms with Crippen LogP contribution in [0.4, 0.5) is 4.39 Å². The predicted octanol–water partition coefficient (Wildman–Crippen LogP) is 4.59. The van der Waals surface area contributed by atoms with Crippen LogP contribution in [0.1, 0.15) is 70.5 Å². The molecule has 0 aromatic heterocycles. The van der Waals surface area contributed by atoms with E-state index in [0.717, 1.165) is 5.75 Å². The number of benzene rings is 2. The van der Waals surface area contributed by atoms with Gasteiger partial charge >= 0.3 is 0 Å². The molecular weight excluding hydrogens is 407 g/mol. The van der Waals surface area contributed by atoms with Crippen LogP contribution in [0.25, 0.3) is 0 Å². The van der Waals surface area contributed by atoms with Gasteiger partial charge in [0.15, 0.2) is 0 Å². The van der Waals surface area contributed by atoms with Crippen LogP contribution in [-0.4, -0.2) is 23.2 Å². The molecule has 0 unspecified atom stereocenters. The zero-order chi connectivity index (χ0) is 23.6. The minimum absolute atomic E-state index is 0.0937. The summed E-state index contributed by atoms with van der Waals surface area (Å²) >= 11 is 0. The van der Waals surface area contributed by atoms with Gasteiger partial charge in [0.05, 0.1) is 18.2 Å². The van der Waals surface area contributed by atoms with Crippen molar-refractivity contribution in [3.8, 4) is 5.75 Å². The third-order valence-electron chi connectivity index (χ3n) is 6.50. The predicted molar refractivity (Wildman–Crippen MR) is 124 cm³/mol. The van der Waals surface area contributed by atoms with E-state index >= 15 is 0 Å². The molecule has 2 aromatic carbocycles. The van der Waals surface area contributed by atoms with Crippen molar-refractivity contribution in [2.45, 2.75) is 70.6 Å². The lowest BCUT2D eigenvalue weighted by Crippen LogP contribution is -2.53. The summed E-state index contributed by atoms with van der Waals surface area (Å²) in [6.07, 6.45) is 4.85. The fourth-order valence-corrected chi connectivity index (χ4v) is 4.34. The molecule has 4 N–H and O–H groups in total. The molecule has 3 rings (SSSR count). The topological polar surface area (TPSA) is 84.6 Å². The van der Waals surface area contributed by atoms with Gasteiger partial charge in [-0.2, -0.15) is 0 Å². The molecule has 1 saturated carbocycles. The first-order valence-corrected chi connectivity index (χ1v) is 11.2. The molecule has 1 aliphatic rings. The summed E-state index contributed by atoms with van der Waals surface area (Å²) in [5, 5.41) is 13.6. The van der Waals surface area contributed by atoms with E-state index in [4.69, 9.17) is 10.5 Å². The van der Waals surface area contributed by atoms with Crippen molar-refractivity contribution >= 4 is 5.91 Å². The maximum absolute atomic E-state index is 14.3. The van der Waals surface area contributed by atoms with E-state index in [1.165, 1.54) is 44.7 Å². The summed E-state index contributed by atoms with van der Waals surface area (Å²) < 4.78 is 20.3. The quantitative estimate of drug-likeness (QED) is 0.558. The van der Waals surface area contributed by atoms with E-state index in [0.29, 0.717) is 12.2 Å². The molecule has 174 valence electrons. The van der Waals surface area contributed by atoms with Crippen molar-refractivity contribution in [2.24, 2.45) is 11.1 Å². The van der Waals surface area contributed by atoms with Gasteiger partial charge in [-0.15, -0.1) is 0 Å². The first kappa shape index (κ1) is 24.2. The Hall–Kier alpha value is -2.44. The molecule has 0 aliphatic heterocycles. The van der Waals surface area contributed by atoms with Crippen molar-refractivity contribution in [3.05, 3.63) is 65.5 Å². The van der Waals surface area contributed by atoms with Gasteiger partial charge in [-0.25, -0.2) is 4.39 Å². The lowest BCUT2D eigenvalue weighted by atomic mass is 9.88. The Morgan fingerprint density at radius 2 is 1.75 bits per heavy atom. The molecule has 0 heterocycles. The summed E-state index contributed by atoms with van der Waals surface area (Å²) in [6.45, 7) is 7.61. The Bertz CT molecular complexity index is 929. The van der Waals surface area contributed by atoms with Crippen LogP contribution < -0.4 is 15.8 Å². The number of halogens is 1. The molecule has 6 heteroatoms. The maximum atomic E-state index is 14.3. The van der Waals surface area contributed by atoms with Gasteiger partial charge in [0.2, 0.25) is 5.91 Å². The fourth-order valence-electron chi connectivity index (χ4n) is 4.34. The molecular formula is C26H35FN2O3. The van der Waals surface area contributed by atoms with Gasteiger partial charge in [0.1, 0.15) is 17.1 Å². The fraction of sp³-hybridized carbons (Fsp3) is 0.500. The Morgan fingerprint density at radius 1 is 1.16 bits per heavy atom. The van der Waals surface area contributed by atoms with Crippen LogP contribution >= 0.6 is 0 Å². The molecule has 1 fully saturated rings. The third kappa shape index (κ3) is 5.48. The van der Waals surface area contributed by atoms with Gasteiger partial charge in [-0.1, -0.05) is 50.1 Å². The number of aliphatic hydroxyl groups is 1. The Labute approximate surface area is 190 Å². The Morgan fingerprint density at radius 3 is 2.31 bits per heavy atom. The second kappa shape index (κ2) is 9.20. The minimum Gasteiger partial charge on any atom is -0.493 e. The summed E-state index contributed by atoms with van der Waals surface area (Å²) in [4.78, 5) is 13.1. The second-order valence-corrected chi connectivity index (χ2v) is 10.1. The van der Waals surface area contributed by atoms with E-state index in [1.54, 1.807) is 26.0 Å². The average Bonchev–Trinajstić information content (AvgIpc) is 3.17. The minimum atomic E-state index is -1.60. The van der Waals surface area contributed by atoms with Crippen molar-refractivity contribution in [2.75, 3.05) is 6.61 Å². The molecule has 1 amide bonds. The Kier molecular flexibility index (Phi) is 6.96. The zero-order valence-electron chi connectivity index (χ0n) is 19.5. The molecule has 1 aliphatic carbocycles. The standard InChI is InChI=1S/C26H35FN2O3/c1-24(2,31)22(29-23(30)26(4,28)20-9-5-6-10-21(20)27)18-11-13-19(14-12-18)32-17-25(3)15-7-8-16-25/h5-6,9-14,22,31H,7-8,15-17,28H2,1-4H3,(H,29,30)/t22-,26+/m1/s1. The van der Waals surface area contributed by atoms with E-state index in [1.807, 2.05) is 24.3 Å². The first-order valence-electron chi connectivity index (χ1n) is 11.2. The third-order valence-corrected chi connectivity index (χ3v) is 6.50. The SMILES string of the molecule is CC1(COc2ccc([C@@H](NC(=O)[C@@](C)(N)c3ccccc3F)C(C)(C)O)cc2)CCCC1. The largest absolute Gasteiger partial charge is 0.493 e. The number of amides is 1. The van der Waals surface area contributed by atoms with Crippen LogP contribution in [-0.2, 0) is 10.3 Å². The molecule has 0 radical (unpaired) electrons. The summed E-state index contributed by atoms with van der Waals surface area (Å²) in [5.74, 6) is -0.383. The molecule has 5 nitrogen and oxygen atoms in total. The summed E-state index contributed by atoms with van der Waals surface area (Å²) in [7, 11) is 0. The van der Waals surface area contributed by atoms with E-state index in [9.17, 15) is 14.3 Å². The smallest absolute Gasteiger partial charge is 0.245 e. The normalized spacial score (nSPS) is 18.6. The molecule has 0 bridgehead atoms. The molecule has 0 saturated heterocycles. The molecule has 2 atom stereocenters. The van der Waals surface area contributed by atoms with Crippen molar-refractivity contribution in [1.29, 1.82) is 0 Å². The lowest BCUT2D eigenvalue weighted by molar-refractivity contribution is -0.129. The van der Waals surface area contributed by atoms with Gasteiger partial charge < -0.3 is 20.9 Å². The highest BCUT2D eigenvalue weighted by atomic mass is 19.1. The number of nitrogens with one attached hydrogen (secondary N) is 1. The van der Waals surface area contributed by atoms with Crippen LogP contribution in [0.15, 0.2) is 48.5 Å². The van der Waals surface area contributed by atoms with E-state index in [-0.39, 0.29) is 11.0 Å². The average molecular weight is 443 g/mol. The van der Waals surface area contributed by atoms with Crippen molar-refractivity contribution < 1.29 is 19.0 Å². The summed E-state index contributed by atoms with van der Waals surface area (Å²) in [6, 6.07) is 12.5. The molecule has 0 spiro atoms. The monoisotopic (exact) mass is 442 g/mol. The van der Waals surface area contributed by atoms with E-state index in [2.05, 4.69) is 12.2 Å². The van der Waals surface area contributed by atoms with E-state index < -0.39 is 28.9 Å². The highest BCUT2D eigenvalue weighted by molar-refractivity contribution is 5.87. The van der Waals surface area contributed by atoms with Gasteiger partial charge in [0.25, 0.3) is 0 Å². The number of rotatable bonds is 8. The number of hydrogen-bond donors (Lipinski definition) is 3. The maximum Gasteiger partial charge on any atom is 0.245 e. The van der Waals surface area contributed by atoms with Crippen LogP contribution in [0.3, 0.4) is 0 Å². The first-order chi connectivity index (χ1) is 14.9. The highest BCUT2D eigenvalue weighted by Gasteiger charge is 2.38. The second-order valence-electron chi connectivity index (χ2n) is 10.1. The Balaban J connectivity index is 1.75. The van der Waals surface area contributed by atoms with Crippen molar-refractivity contribution in [1.82, 2.24) is 5.32 Å². The zero-order valence-corrected chi connectivity index (χ0v) is 19.5. The van der Waals surface area contributed by atoms with Gasteiger partial charge in [0, 0.05) is 11.0 Å². The van der Waals surface area contributed by atoms with Crippen molar-refractivity contribution in [3.63, 3.8) is 0 Å². The van der Waals surface area contributed by atoms with Gasteiger partial charge in [-0.3, -0.25) is 4.79 Å². The number of carbonyl (C=O) groups is 1. The van der Waals surface area contributed by atoms with Crippen LogP contribution in [0, 0.1) is 11.2 Å². The molecule has 2 aromatic rings. The van der Waals surface area contributed by atoms with Crippen LogP contribution in [0.5, 0.6) is 5.75 Å². The van der Waals surface area contributed by atoms with Crippen LogP contribution in [0.2, 0.25) is 0 Å². The van der Waals surface area contributed by atoms with Gasteiger partial charge in [-0.05, 0) is 57.4 Å². The number of ether oxygens (including phenoxy) is 1. The lowest BCUT2D eigenvalue weighted by Gasteiger charge is -2.34. The highest BCUT2D eigenvalue weighted by Crippen LogP contribution is 2.38.